The van der Waals surface area contributed by atoms with E-state index in [1.807, 2.05) is 39.5 Å². The molecule has 0 amide bonds. The molecule has 10 aliphatic carbocycles. The fourth-order valence-electron chi connectivity index (χ4n) is 22.5. The van der Waals surface area contributed by atoms with Crippen molar-refractivity contribution in [2.24, 2.45) is 0 Å². The van der Waals surface area contributed by atoms with E-state index >= 15 is 0 Å². The van der Waals surface area contributed by atoms with Crippen molar-refractivity contribution in [3.05, 3.63) is 194 Å². The summed E-state index contributed by atoms with van der Waals surface area (Å²) >= 11 is 4.31. The van der Waals surface area contributed by atoms with Gasteiger partial charge in [0.05, 0.1) is 78.3 Å². The number of alkyl halides is 5. The minimum absolute atomic E-state index is 0.0816. The van der Waals surface area contributed by atoms with Crippen molar-refractivity contribution >= 4 is 105 Å². The summed E-state index contributed by atoms with van der Waals surface area (Å²) in [6.07, 6.45) is 36.7. The maximum absolute atomic E-state index is 14.2. The van der Waals surface area contributed by atoms with E-state index < -0.39 is 28.3 Å². The molecule has 25 rings (SSSR count). The molecule has 10 saturated carbocycles. The number of H-pyrrole nitrogens is 5. The summed E-state index contributed by atoms with van der Waals surface area (Å²) in [5.74, 6) is 6.61. The number of nitrogen functional groups attached to an aromatic ring is 3. The highest BCUT2D eigenvalue weighted by atomic mass is 32.1. The van der Waals surface area contributed by atoms with Crippen molar-refractivity contribution in [2.45, 2.75) is 345 Å². The molecule has 0 spiro atoms. The number of aromatic amines is 5. The van der Waals surface area contributed by atoms with Gasteiger partial charge in [0.1, 0.15) is 96.0 Å². The van der Waals surface area contributed by atoms with Crippen LogP contribution >= 0.6 is 34.0 Å². The van der Waals surface area contributed by atoms with E-state index in [-0.39, 0.29) is 117 Å². The minimum atomic E-state index is -1.11. The van der Waals surface area contributed by atoms with Gasteiger partial charge < -0.3 is 42.1 Å². The van der Waals surface area contributed by atoms with Gasteiger partial charge in [0.25, 0.3) is 27.8 Å². The highest BCUT2D eigenvalue weighted by molar-refractivity contribution is 7.14. The lowest BCUT2D eigenvalue weighted by Gasteiger charge is -2.34. The summed E-state index contributed by atoms with van der Waals surface area (Å²) in [6, 6.07) is 4.01. The Morgan fingerprint density at radius 1 is 0.279 bits per heavy atom. The fraction of sp³-hybridized carbons (Fsp3) is 0.567. The van der Waals surface area contributed by atoms with Crippen LogP contribution in [0.4, 0.5) is 37.3 Å². The van der Waals surface area contributed by atoms with Gasteiger partial charge >= 0.3 is 0 Å². The Labute approximate surface area is 811 Å². The molecule has 0 aromatic carbocycles. The molecule has 10 atom stereocenters. The average Bonchev–Trinajstić information content (AvgIpc) is 1.26. The topological polar surface area (TPSA) is 486 Å². The normalized spacial score (nSPS) is 30.4. The van der Waals surface area contributed by atoms with Crippen molar-refractivity contribution in [2.75, 3.05) is 17.2 Å². The largest absolute Gasteiger partial charge is 0.375 e. The van der Waals surface area contributed by atoms with Crippen LogP contribution in [0.15, 0.2) is 108 Å². The molecule has 35 nitrogen and oxygen atoms in total. The molecule has 0 saturated heterocycles. The number of thiazole rings is 3. The van der Waals surface area contributed by atoms with Crippen LogP contribution in [-0.2, 0) is 0 Å². The van der Waals surface area contributed by atoms with Gasteiger partial charge in [-0.05, 0) is 239 Å². The molecule has 15 aromatic rings. The number of nitrogens with zero attached hydrogens (tertiary/aromatic N) is 22. The number of halogens is 5. The lowest BCUT2D eigenvalue weighted by molar-refractivity contribution is 0.103. The molecule has 3 unspecified atom stereocenters. The molecule has 11 N–H and O–H groups in total. The number of anilines is 3. The Morgan fingerprint density at radius 2 is 0.464 bits per heavy atom. The van der Waals surface area contributed by atoms with Gasteiger partial charge in [0.15, 0.2) is 43.6 Å². The quantitative estimate of drug-likeness (QED) is 0.0442. The summed E-state index contributed by atoms with van der Waals surface area (Å²) in [4.78, 5) is 133. The molecule has 10 aliphatic rings. The minimum Gasteiger partial charge on any atom is -0.375 e. The number of nitrogens with one attached hydrogen (secondary N) is 5. The Balaban J connectivity index is 0.000000104. The zero-order valence-corrected chi connectivity index (χ0v) is 81.1. The third-order valence-corrected chi connectivity index (χ3v) is 33.9. The van der Waals surface area contributed by atoms with Gasteiger partial charge in [-0.1, -0.05) is 0 Å². The lowest BCUT2D eigenvalue weighted by Crippen LogP contribution is -2.29. The summed E-state index contributed by atoms with van der Waals surface area (Å²) in [5, 5.41) is 32.3. The average molecular weight is 1970 g/mol. The zero-order chi connectivity index (χ0) is 97.0. The molecule has 0 radical (unpaired) electrons. The SMILES string of the molecule is CC1(F)CCC(n2ncc3c(=O)[nH]c(C4CCC4c4ncccn4)nc32)CC1.CC1(F)CCC(n2ncc3c(=O)[nH]c([C@@H]4CC[C@@H]4c4csc(N)n4)nc32)CC1.CC1(F)CCC(n2ncc3c(=O)[nH]c([C@@H]4CC[C@H]4c4ncccn4)nc32)CC1.CC1(F)CCC(n2ncc3c(=O)[nH]c([C@H]4CCC4c4csc(N)n4)nc32)CC1.CC1(F)CCC(n2ncc3c(=O)[nH]c([C@H]4CC[C@H]4c4csc(N)n4)nc32)CC1. The van der Waals surface area contributed by atoms with Crippen molar-refractivity contribution in [3.8, 4) is 0 Å². The number of hydrogen-bond acceptors (Lipinski definition) is 28. The van der Waals surface area contributed by atoms with Crippen LogP contribution in [-0.4, -0.2) is 162 Å². The predicted octanol–water partition coefficient (Wildman–Crippen LogP) is 17.8. The number of hydrogen-bond donors (Lipinski definition) is 8. The summed E-state index contributed by atoms with van der Waals surface area (Å²) in [6.45, 7) is 8.30. The predicted molar refractivity (Wildman–Crippen MR) is 523 cm³/mol. The summed E-state index contributed by atoms with van der Waals surface area (Å²) in [7, 11) is 0. The van der Waals surface area contributed by atoms with Gasteiger partial charge in [-0.3, -0.25) is 24.0 Å². The molecule has 0 bridgehead atoms. The molecule has 15 heterocycles. The van der Waals surface area contributed by atoms with E-state index in [4.69, 9.17) is 42.1 Å². The second kappa shape index (κ2) is 37.7. The van der Waals surface area contributed by atoms with Crippen LogP contribution in [0.1, 0.15) is 374 Å². The highest BCUT2D eigenvalue weighted by Gasteiger charge is 2.46. The number of rotatable bonds is 15. The van der Waals surface area contributed by atoms with Gasteiger partial charge in [-0.25, -0.2) is 105 Å². The first kappa shape index (κ1) is 94.1. The molecule has 15 aromatic heterocycles. The van der Waals surface area contributed by atoms with Crippen molar-refractivity contribution in [1.82, 2.24) is 134 Å². The monoisotopic (exact) mass is 1970 g/mol. The summed E-state index contributed by atoms with van der Waals surface area (Å²) < 4.78 is 80.0. The van der Waals surface area contributed by atoms with Crippen molar-refractivity contribution < 1.29 is 22.0 Å². The second-order valence-corrected chi connectivity index (χ2v) is 44.3. The Kier molecular flexibility index (Phi) is 25.3. The number of aromatic nitrogens is 27. The fourth-order valence-corrected chi connectivity index (χ4v) is 24.3. The van der Waals surface area contributed by atoms with Crippen LogP contribution in [0.5, 0.6) is 0 Å². The van der Waals surface area contributed by atoms with E-state index in [1.54, 1.807) is 103 Å². The highest BCUT2D eigenvalue weighted by Crippen LogP contribution is 2.54. The lowest BCUT2D eigenvalue weighted by atomic mass is 9.71. The molecular formula is C97H115F5N30O5S3. The molecule has 0 aliphatic heterocycles. The van der Waals surface area contributed by atoms with E-state index in [9.17, 15) is 45.9 Å². The first-order valence-corrected chi connectivity index (χ1v) is 51.9. The van der Waals surface area contributed by atoms with Gasteiger partial charge in [0, 0.05) is 100 Å². The molecule has 736 valence electrons. The van der Waals surface area contributed by atoms with Crippen molar-refractivity contribution in [3.63, 3.8) is 0 Å². The van der Waals surface area contributed by atoms with Crippen LogP contribution in [0.25, 0.3) is 55.2 Å². The smallest absolute Gasteiger partial charge is 0.262 e. The summed E-state index contributed by atoms with van der Waals surface area (Å²) in [5.41, 5.74) is 16.9. The van der Waals surface area contributed by atoms with Gasteiger partial charge in [-0.15, -0.1) is 34.0 Å². The second-order valence-electron chi connectivity index (χ2n) is 41.6. The molecule has 10 fully saturated rings. The standard InChI is InChI=1S/2C20H23FN6O.3C19H23FN6OS/c2*1-20(21)7-5-12(6-8-20)27-18-15(11-24-27)19(28)26-17(25-18)14-4-3-13(14)16-22-9-2-10-23-16;3*1-19(20)6-4-10(5-7-19)26-16-13(8-22-26)17(27)25-15(24-16)12-3-2-11(12)14-9-28-18(21)23-14/h2*2,9-14H,3-8H2,1H3,(H,25,26,28);3*8-12H,2-7H2,1H3,(H2,21,23)(H,24,25,27)/t12?,13-,14-,20?;;10?,11?,12-,19?;2*10?,11-,12+,19?/m1.010/s1. The Hall–Kier alpha value is -12.2. The van der Waals surface area contributed by atoms with E-state index in [0.717, 1.165) is 92.9 Å². The van der Waals surface area contributed by atoms with E-state index in [0.29, 0.717) is 228 Å². The van der Waals surface area contributed by atoms with E-state index in [1.165, 1.54) is 34.0 Å². The Bertz CT molecular complexity index is 6740. The maximum atomic E-state index is 14.2. The van der Waals surface area contributed by atoms with Gasteiger partial charge in [0.2, 0.25) is 0 Å². The maximum Gasteiger partial charge on any atom is 0.262 e. The third-order valence-electron chi connectivity index (χ3n) is 31.8. The van der Waals surface area contributed by atoms with Crippen LogP contribution in [0.3, 0.4) is 0 Å². The van der Waals surface area contributed by atoms with Crippen LogP contribution < -0.4 is 45.0 Å². The van der Waals surface area contributed by atoms with Crippen LogP contribution in [0.2, 0.25) is 0 Å². The molecule has 140 heavy (non-hydrogen) atoms. The first-order chi connectivity index (χ1) is 67.3. The first-order valence-electron chi connectivity index (χ1n) is 49.3. The molecule has 43 heteroatoms. The number of fused-ring (bicyclic) bond motifs is 5. The van der Waals surface area contributed by atoms with Gasteiger partial charge in [-0.2, -0.15) is 25.5 Å². The van der Waals surface area contributed by atoms with Crippen LogP contribution in [0, 0.1) is 0 Å². The zero-order valence-electron chi connectivity index (χ0n) is 78.7. The molecular weight excluding hydrogens is 1860 g/mol. The Morgan fingerprint density at radius 3 is 0.636 bits per heavy atom. The van der Waals surface area contributed by atoms with Crippen molar-refractivity contribution in [1.29, 1.82) is 0 Å². The van der Waals surface area contributed by atoms with E-state index in [2.05, 4.69) is 85.3 Å². The third kappa shape index (κ3) is 19.1. The number of nitrogens with two attached hydrogens (primary N) is 3.